The van der Waals surface area contributed by atoms with Gasteiger partial charge in [-0.05, 0) is 57.5 Å². The summed E-state index contributed by atoms with van der Waals surface area (Å²) < 4.78 is 43.1. The maximum atomic E-state index is 15.7. The van der Waals surface area contributed by atoms with Crippen molar-refractivity contribution in [3.8, 4) is 21.8 Å². The average Bonchev–Trinajstić information content (AvgIpc) is 3.25. The fraction of sp³-hybridized carbons (Fsp3) is 0.409. The van der Waals surface area contributed by atoms with Crippen LogP contribution < -0.4 is 15.8 Å². The third-order valence-electron chi connectivity index (χ3n) is 5.85. The zero-order valence-corrected chi connectivity index (χ0v) is 20.1. The zero-order valence-electron chi connectivity index (χ0n) is 18.5. The van der Waals surface area contributed by atoms with Gasteiger partial charge in [0.15, 0.2) is 5.82 Å². The van der Waals surface area contributed by atoms with Gasteiger partial charge in [0.1, 0.15) is 0 Å². The van der Waals surface area contributed by atoms with E-state index in [-0.39, 0.29) is 23.1 Å². The summed E-state index contributed by atoms with van der Waals surface area (Å²) in [6.07, 6.45) is 3.85. The summed E-state index contributed by atoms with van der Waals surface area (Å²) in [5.41, 5.74) is 6.89. The molecule has 0 radical (unpaired) electrons. The normalized spacial score (nSPS) is 16.0. The number of nitrogens with zero attached hydrogens (tertiary/aromatic N) is 3. The highest BCUT2D eigenvalue weighted by Crippen LogP contribution is 2.42. The number of thiazole rings is 1. The van der Waals surface area contributed by atoms with E-state index in [4.69, 9.17) is 10.7 Å². The van der Waals surface area contributed by atoms with Crippen molar-refractivity contribution < 1.29 is 12.8 Å². The number of rotatable bonds is 7. The molecule has 1 aliphatic heterocycles. The van der Waals surface area contributed by atoms with Crippen LogP contribution in [0.4, 0.5) is 16.0 Å². The lowest BCUT2D eigenvalue weighted by molar-refractivity contribution is 0.459. The van der Waals surface area contributed by atoms with Crippen LogP contribution in [-0.2, 0) is 10.0 Å². The molecule has 0 bridgehead atoms. The van der Waals surface area contributed by atoms with Gasteiger partial charge in [-0.25, -0.2) is 27.8 Å². The maximum absolute atomic E-state index is 15.7. The Morgan fingerprint density at radius 2 is 2.03 bits per heavy atom. The van der Waals surface area contributed by atoms with E-state index in [9.17, 15) is 8.42 Å². The summed E-state index contributed by atoms with van der Waals surface area (Å²) in [6.45, 7) is 5.16. The minimum atomic E-state index is -3.72. The number of nitrogens with one attached hydrogen (secondary N) is 2. The van der Waals surface area contributed by atoms with E-state index in [0.29, 0.717) is 22.7 Å². The summed E-state index contributed by atoms with van der Waals surface area (Å²) in [4.78, 5) is 13.8. The molecular formula is C22H27FN6O2S2. The molecule has 1 fully saturated rings. The largest absolute Gasteiger partial charge is 0.368 e. The van der Waals surface area contributed by atoms with Gasteiger partial charge in [-0.15, -0.1) is 11.3 Å². The number of halogens is 1. The second-order valence-corrected chi connectivity index (χ2v) is 11.2. The number of benzene rings is 1. The number of piperidine rings is 1. The van der Waals surface area contributed by atoms with E-state index < -0.39 is 21.1 Å². The number of nitrogens with two attached hydrogens (primary N) is 1. The van der Waals surface area contributed by atoms with E-state index in [1.54, 1.807) is 38.2 Å². The van der Waals surface area contributed by atoms with Crippen LogP contribution in [0.2, 0.25) is 0 Å². The van der Waals surface area contributed by atoms with Gasteiger partial charge in [0.2, 0.25) is 16.0 Å². The van der Waals surface area contributed by atoms with Crippen molar-refractivity contribution in [2.45, 2.75) is 44.3 Å². The Labute approximate surface area is 196 Å². The van der Waals surface area contributed by atoms with Crippen molar-refractivity contribution in [2.24, 2.45) is 0 Å². The number of hydrogen-bond donors (Lipinski definition) is 3. The molecule has 4 rings (SSSR count). The Morgan fingerprint density at radius 1 is 1.27 bits per heavy atom. The number of anilines is 2. The van der Waals surface area contributed by atoms with Crippen LogP contribution >= 0.6 is 11.3 Å². The number of aromatic nitrogens is 3. The van der Waals surface area contributed by atoms with Crippen molar-refractivity contribution >= 4 is 33.0 Å². The van der Waals surface area contributed by atoms with E-state index in [2.05, 4.69) is 20.0 Å². The first-order valence-electron chi connectivity index (χ1n) is 10.9. The minimum Gasteiger partial charge on any atom is -0.368 e. The van der Waals surface area contributed by atoms with E-state index >= 15 is 4.39 Å². The first kappa shape index (κ1) is 23.5. The molecule has 1 atom stereocenters. The summed E-state index contributed by atoms with van der Waals surface area (Å²) >= 11 is 1.47. The molecule has 33 heavy (non-hydrogen) atoms. The number of hydrogen-bond acceptors (Lipinski definition) is 8. The molecule has 1 aliphatic rings. The van der Waals surface area contributed by atoms with Gasteiger partial charge in [-0.2, -0.15) is 0 Å². The Kier molecular flexibility index (Phi) is 6.91. The van der Waals surface area contributed by atoms with Gasteiger partial charge < -0.3 is 11.1 Å². The van der Waals surface area contributed by atoms with Crippen LogP contribution in [0.15, 0.2) is 30.5 Å². The van der Waals surface area contributed by atoms with Gasteiger partial charge in [0, 0.05) is 17.7 Å². The van der Waals surface area contributed by atoms with Gasteiger partial charge in [0.25, 0.3) is 0 Å². The quantitative estimate of drug-likeness (QED) is 0.457. The van der Waals surface area contributed by atoms with E-state index in [1.165, 1.54) is 17.4 Å². The second kappa shape index (κ2) is 9.70. The first-order valence-corrected chi connectivity index (χ1v) is 13.3. The molecule has 0 saturated carbocycles. The van der Waals surface area contributed by atoms with Crippen LogP contribution in [-0.4, -0.2) is 41.7 Å². The van der Waals surface area contributed by atoms with Gasteiger partial charge in [-0.3, -0.25) is 4.72 Å². The summed E-state index contributed by atoms with van der Waals surface area (Å²) in [5.74, 6) is -0.293. The summed E-state index contributed by atoms with van der Waals surface area (Å²) in [6, 6.07) is 6.36. The molecule has 4 N–H and O–H groups in total. The van der Waals surface area contributed by atoms with Crippen LogP contribution in [0.3, 0.4) is 0 Å². The lowest BCUT2D eigenvalue weighted by atomic mass is 9.99. The Balaban J connectivity index is 1.81. The highest BCUT2D eigenvalue weighted by Gasteiger charge is 2.26. The lowest BCUT2D eigenvalue weighted by Gasteiger charge is -2.20. The van der Waals surface area contributed by atoms with Crippen LogP contribution in [0, 0.1) is 5.82 Å². The molecule has 11 heteroatoms. The molecule has 1 unspecified atom stereocenters. The van der Waals surface area contributed by atoms with Crippen molar-refractivity contribution in [3.63, 3.8) is 0 Å². The highest BCUT2D eigenvalue weighted by molar-refractivity contribution is 7.93. The van der Waals surface area contributed by atoms with Crippen LogP contribution in [0.5, 0.6) is 0 Å². The minimum absolute atomic E-state index is 0.0997. The lowest BCUT2D eigenvalue weighted by Crippen LogP contribution is -2.26. The summed E-state index contributed by atoms with van der Waals surface area (Å²) in [7, 11) is -3.72. The van der Waals surface area contributed by atoms with E-state index in [0.717, 1.165) is 30.9 Å². The third kappa shape index (κ3) is 4.99. The molecule has 0 amide bonds. The molecule has 8 nitrogen and oxygen atoms in total. The fourth-order valence-corrected chi connectivity index (χ4v) is 6.03. The van der Waals surface area contributed by atoms with Gasteiger partial charge in [-0.1, -0.05) is 13.0 Å². The molecule has 0 aliphatic carbocycles. The topological polar surface area (TPSA) is 123 Å². The highest BCUT2D eigenvalue weighted by atomic mass is 32.2. The summed E-state index contributed by atoms with van der Waals surface area (Å²) in [5, 5.41) is 3.60. The van der Waals surface area contributed by atoms with Crippen LogP contribution in [0.1, 0.15) is 44.0 Å². The Bertz CT molecular complexity index is 1240. The van der Waals surface area contributed by atoms with Crippen molar-refractivity contribution in [3.05, 3.63) is 41.3 Å². The molecule has 3 aromatic rings. The maximum Gasteiger partial charge on any atom is 0.235 e. The van der Waals surface area contributed by atoms with Gasteiger partial charge in [0.05, 0.1) is 32.2 Å². The van der Waals surface area contributed by atoms with Crippen LogP contribution in [0.25, 0.3) is 21.8 Å². The number of nitrogen functional groups attached to an aromatic ring is 1. The van der Waals surface area contributed by atoms with E-state index in [1.807, 2.05) is 0 Å². The molecule has 1 saturated heterocycles. The molecule has 0 spiro atoms. The molecule has 2 aromatic heterocycles. The first-order chi connectivity index (χ1) is 15.8. The molecule has 1 aromatic carbocycles. The predicted octanol–water partition coefficient (Wildman–Crippen LogP) is 4.00. The second-order valence-electron chi connectivity index (χ2n) is 8.09. The SMILES string of the molecule is CCC(C)S(=O)(=O)Nc1cccc(-c2nc(C3CCNCC3)sc2-c2ccnc(N)n2)c1F. The average molecular weight is 491 g/mol. The monoisotopic (exact) mass is 490 g/mol. The van der Waals surface area contributed by atoms with Crippen molar-refractivity contribution in [1.82, 2.24) is 20.3 Å². The number of sulfonamides is 1. The zero-order chi connectivity index (χ0) is 23.6. The van der Waals surface area contributed by atoms with Crippen molar-refractivity contribution in [2.75, 3.05) is 23.5 Å². The predicted molar refractivity (Wildman–Crippen MR) is 130 cm³/mol. The standard InChI is InChI=1S/C22H27FN6O2S2/c1-3-13(2)33(30,31)29-16-6-4-5-15(18(16)23)19-20(17-9-12-26-22(24)27-17)32-21(28-19)14-7-10-25-11-8-14/h4-6,9,12-14,25,29H,3,7-8,10-11H2,1-2H3,(H2,24,26,27). The molecule has 176 valence electrons. The Morgan fingerprint density at radius 3 is 2.73 bits per heavy atom. The van der Waals surface area contributed by atoms with Crippen molar-refractivity contribution in [1.29, 1.82) is 0 Å². The molecule has 3 heterocycles. The smallest absolute Gasteiger partial charge is 0.235 e. The molecular weight excluding hydrogens is 463 g/mol. The fourth-order valence-electron chi connectivity index (χ4n) is 3.70. The third-order valence-corrected chi connectivity index (χ3v) is 8.99. The van der Waals surface area contributed by atoms with Gasteiger partial charge >= 0.3 is 0 Å². The Hall–Kier alpha value is -2.63.